The van der Waals surface area contributed by atoms with Gasteiger partial charge in [-0.3, -0.25) is 4.79 Å². The molecule has 0 aliphatic carbocycles. The van der Waals surface area contributed by atoms with E-state index >= 15 is 0 Å². The molecule has 5 nitrogen and oxygen atoms in total. The fourth-order valence-corrected chi connectivity index (χ4v) is 2.17. The van der Waals surface area contributed by atoms with E-state index in [9.17, 15) is 9.59 Å². The third-order valence-electron chi connectivity index (χ3n) is 3.35. The molecule has 5 heteroatoms. The van der Waals surface area contributed by atoms with E-state index in [1.807, 2.05) is 6.07 Å². The molecule has 0 aliphatic rings. The van der Waals surface area contributed by atoms with E-state index in [0.717, 1.165) is 10.9 Å². The fraction of sp³-hybridized carbons (Fsp3) is 0. The molecular weight excluding hydrogens is 304 g/mol. The Balaban J connectivity index is 1.72. The first kappa shape index (κ1) is 15.3. The van der Waals surface area contributed by atoms with Crippen molar-refractivity contribution in [2.24, 2.45) is 0 Å². The largest absolute Gasteiger partial charge is 0.423 e. The van der Waals surface area contributed by atoms with Crippen molar-refractivity contribution in [2.45, 2.75) is 0 Å². The Morgan fingerprint density at radius 3 is 2.62 bits per heavy atom. The number of anilines is 1. The standard InChI is InChI=1S/C19H12N2O3/c20-12-14-3-1-13(2-4-14)5-9-18(22)21-16-7-8-17-15(11-16)6-10-19(23)24-17/h1-11H,(H,21,22)/b9-5+. The highest BCUT2D eigenvalue weighted by molar-refractivity contribution is 6.02. The molecule has 1 amide bonds. The zero-order valence-corrected chi connectivity index (χ0v) is 12.5. The lowest BCUT2D eigenvalue weighted by molar-refractivity contribution is -0.111. The van der Waals surface area contributed by atoms with Gasteiger partial charge in [0.15, 0.2) is 0 Å². The molecule has 3 aromatic rings. The van der Waals surface area contributed by atoms with E-state index in [1.165, 1.54) is 12.1 Å². The van der Waals surface area contributed by atoms with Crippen molar-refractivity contribution in [3.63, 3.8) is 0 Å². The molecule has 0 fully saturated rings. The third-order valence-corrected chi connectivity index (χ3v) is 3.35. The number of nitrogens with zero attached hydrogens (tertiary/aromatic N) is 1. The van der Waals surface area contributed by atoms with Crippen LogP contribution in [0.5, 0.6) is 0 Å². The maximum absolute atomic E-state index is 12.0. The molecule has 2 aromatic carbocycles. The number of amides is 1. The lowest BCUT2D eigenvalue weighted by Crippen LogP contribution is -2.07. The highest BCUT2D eigenvalue weighted by atomic mass is 16.4. The molecule has 0 unspecified atom stereocenters. The van der Waals surface area contributed by atoms with Crippen LogP contribution in [-0.2, 0) is 4.79 Å². The summed E-state index contributed by atoms with van der Waals surface area (Å²) in [6.07, 6.45) is 3.08. The summed E-state index contributed by atoms with van der Waals surface area (Å²) >= 11 is 0. The molecule has 0 atom stereocenters. The molecule has 0 radical (unpaired) electrons. The van der Waals surface area contributed by atoms with Crippen molar-refractivity contribution in [2.75, 3.05) is 5.32 Å². The monoisotopic (exact) mass is 316 g/mol. The molecule has 116 valence electrons. The summed E-state index contributed by atoms with van der Waals surface area (Å²) in [6, 6.07) is 16.9. The molecule has 0 bridgehead atoms. The maximum Gasteiger partial charge on any atom is 0.336 e. The second kappa shape index (κ2) is 6.63. The van der Waals surface area contributed by atoms with Crippen LogP contribution in [0.25, 0.3) is 17.0 Å². The number of rotatable bonds is 3. The predicted octanol–water partition coefficient (Wildman–Crippen LogP) is 3.32. The normalized spacial score (nSPS) is 10.6. The van der Waals surface area contributed by atoms with Gasteiger partial charge in [0.2, 0.25) is 5.91 Å². The zero-order chi connectivity index (χ0) is 16.9. The van der Waals surface area contributed by atoms with Gasteiger partial charge in [0.25, 0.3) is 0 Å². The smallest absolute Gasteiger partial charge is 0.336 e. The van der Waals surface area contributed by atoms with Gasteiger partial charge in [-0.2, -0.15) is 5.26 Å². The molecule has 0 aliphatic heterocycles. The predicted molar refractivity (Wildman–Crippen MR) is 91.3 cm³/mol. The minimum Gasteiger partial charge on any atom is -0.423 e. The number of nitrogens with one attached hydrogen (secondary N) is 1. The molecule has 1 N–H and O–H groups in total. The van der Waals surface area contributed by atoms with Crippen LogP contribution in [0.4, 0.5) is 5.69 Å². The first-order valence-corrected chi connectivity index (χ1v) is 7.17. The van der Waals surface area contributed by atoms with Crippen molar-refractivity contribution in [3.8, 4) is 6.07 Å². The molecule has 0 saturated heterocycles. The van der Waals surface area contributed by atoms with Crippen molar-refractivity contribution >= 4 is 28.6 Å². The van der Waals surface area contributed by atoms with Gasteiger partial charge in [-0.15, -0.1) is 0 Å². The average molecular weight is 316 g/mol. The first-order valence-electron chi connectivity index (χ1n) is 7.17. The van der Waals surface area contributed by atoms with Gasteiger partial charge in [-0.05, 0) is 48.0 Å². The van der Waals surface area contributed by atoms with Gasteiger partial charge in [0, 0.05) is 23.2 Å². The van der Waals surface area contributed by atoms with Crippen LogP contribution in [0.15, 0.2) is 69.9 Å². The maximum atomic E-state index is 12.0. The summed E-state index contributed by atoms with van der Waals surface area (Å²) in [6.45, 7) is 0. The van der Waals surface area contributed by atoms with E-state index in [0.29, 0.717) is 16.8 Å². The van der Waals surface area contributed by atoms with Gasteiger partial charge in [-0.1, -0.05) is 12.1 Å². The number of carbonyl (C=O) groups excluding carboxylic acids is 1. The first-order chi connectivity index (χ1) is 11.6. The van der Waals surface area contributed by atoms with E-state index < -0.39 is 5.63 Å². The van der Waals surface area contributed by atoms with E-state index in [-0.39, 0.29) is 5.91 Å². The lowest BCUT2D eigenvalue weighted by Gasteiger charge is -2.03. The minimum absolute atomic E-state index is 0.281. The average Bonchev–Trinajstić information content (AvgIpc) is 2.60. The van der Waals surface area contributed by atoms with Crippen molar-refractivity contribution in [1.29, 1.82) is 5.26 Å². The third kappa shape index (κ3) is 3.57. The summed E-state index contributed by atoms with van der Waals surface area (Å²) in [5.41, 5.74) is 2.05. The van der Waals surface area contributed by atoms with Crippen LogP contribution in [0.2, 0.25) is 0 Å². The molecule has 1 heterocycles. The van der Waals surface area contributed by atoms with Crippen LogP contribution >= 0.6 is 0 Å². The van der Waals surface area contributed by atoms with Gasteiger partial charge >= 0.3 is 5.63 Å². The number of fused-ring (bicyclic) bond motifs is 1. The Morgan fingerprint density at radius 1 is 1.08 bits per heavy atom. The molecule has 3 rings (SSSR count). The summed E-state index contributed by atoms with van der Waals surface area (Å²) < 4.78 is 5.04. The van der Waals surface area contributed by atoms with Crippen LogP contribution in [0.3, 0.4) is 0 Å². The zero-order valence-electron chi connectivity index (χ0n) is 12.5. The molecule has 1 aromatic heterocycles. The Bertz CT molecular complexity index is 1020. The van der Waals surface area contributed by atoms with Crippen molar-refractivity contribution in [3.05, 3.63) is 82.2 Å². The molecule has 24 heavy (non-hydrogen) atoms. The van der Waals surface area contributed by atoms with Gasteiger partial charge in [0.05, 0.1) is 11.6 Å². The minimum atomic E-state index is -0.412. The topological polar surface area (TPSA) is 83.1 Å². The van der Waals surface area contributed by atoms with E-state index in [4.69, 9.17) is 9.68 Å². The van der Waals surface area contributed by atoms with Crippen LogP contribution in [0.1, 0.15) is 11.1 Å². The molecule has 0 spiro atoms. The number of hydrogen-bond acceptors (Lipinski definition) is 4. The second-order valence-corrected chi connectivity index (χ2v) is 5.06. The van der Waals surface area contributed by atoms with Gasteiger partial charge in [-0.25, -0.2) is 4.79 Å². The Kier molecular flexibility index (Phi) is 4.21. The summed E-state index contributed by atoms with van der Waals surface area (Å²) in [4.78, 5) is 23.1. The van der Waals surface area contributed by atoms with E-state index in [1.54, 1.807) is 54.6 Å². The fourth-order valence-electron chi connectivity index (χ4n) is 2.17. The number of hydrogen-bond donors (Lipinski definition) is 1. The van der Waals surface area contributed by atoms with Gasteiger partial charge < -0.3 is 9.73 Å². The van der Waals surface area contributed by atoms with Crippen LogP contribution in [-0.4, -0.2) is 5.91 Å². The van der Waals surface area contributed by atoms with Crippen LogP contribution < -0.4 is 10.9 Å². The quantitative estimate of drug-likeness (QED) is 0.593. The Hall–Kier alpha value is -3.65. The Labute approximate surface area is 137 Å². The lowest BCUT2D eigenvalue weighted by atomic mass is 10.1. The summed E-state index contributed by atoms with van der Waals surface area (Å²) in [7, 11) is 0. The number of nitriles is 1. The van der Waals surface area contributed by atoms with Gasteiger partial charge in [0.1, 0.15) is 5.58 Å². The second-order valence-electron chi connectivity index (χ2n) is 5.06. The molecule has 0 saturated carbocycles. The number of benzene rings is 2. The van der Waals surface area contributed by atoms with Crippen molar-refractivity contribution < 1.29 is 9.21 Å². The number of carbonyl (C=O) groups is 1. The van der Waals surface area contributed by atoms with Crippen LogP contribution in [0, 0.1) is 11.3 Å². The summed E-state index contributed by atoms with van der Waals surface area (Å²) in [5, 5.41) is 12.2. The highest BCUT2D eigenvalue weighted by Crippen LogP contribution is 2.17. The Morgan fingerprint density at radius 2 is 1.88 bits per heavy atom. The summed E-state index contributed by atoms with van der Waals surface area (Å²) in [5.74, 6) is -0.281. The highest BCUT2D eigenvalue weighted by Gasteiger charge is 2.02. The SMILES string of the molecule is N#Cc1ccc(/C=C/C(=O)Nc2ccc3oc(=O)ccc3c2)cc1. The van der Waals surface area contributed by atoms with Crippen molar-refractivity contribution in [1.82, 2.24) is 0 Å². The van der Waals surface area contributed by atoms with E-state index in [2.05, 4.69) is 5.32 Å². The molecular formula is C19H12N2O3.